The minimum atomic E-state index is -1.13. The van der Waals surface area contributed by atoms with Crippen molar-refractivity contribution in [3.8, 4) is 17.2 Å². The quantitative estimate of drug-likeness (QED) is 0.384. The van der Waals surface area contributed by atoms with Gasteiger partial charge in [0.25, 0.3) is 5.91 Å². The third-order valence-corrected chi connectivity index (χ3v) is 6.30. The predicted molar refractivity (Wildman–Crippen MR) is 139 cm³/mol. The van der Waals surface area contributed by atoms with Gasteiger partial charge in [-0.2, -0.15) is 0 Å². The molecular weight excluding hydrogens is 512 g/mol. The fourth-order valence-electron chi connectivity index (χ4n) is 4.32. The van der Waals surface area contributed by atoms with E-state index >= 15 is 0 Å². The molecule has 1 heterocycles. The molecule has 0 radical (unpaired) electrons. The summed E-state index contributed by atoms with van der Waals surface area (Å²) in [6, 6.07) is 13.0. The number of carbonyl (C=O) groups is 3. The lowest BCUT2D eigenvalue weighted by atomic mass is 10.1. The van der Waals surface area contributed by atoms with Crippen LogP contribution in [0.15, 0.2) is 60.7 Å². The number of ether oxygens (including phenoxy) is 3. The first-order valence-corrected chi connectivity index (χ1v) is 12.0. The normalized spacial score (nSPS) is 14.9. The van der Waals surface area contributed by atoms with Crippen molar-refractivity contribution in [3.63, 3.8) is 0 Å². The maximum absolute atomic E-state index is 13.6. The van der Waals surface area contributed by atoms with Gasteiger partial charge in [0.05, 0.1) is 33.4 Å². The Morgan fingerprint density at radius 2 is 1.67 bits per heavy atom. The fraction of sp³-hybridized carbons (Fsp3) is 0.250. The Balaban J connectivity index is 1.58. The van der Waals surface area contributed by atoms with E-state index in [1.165, 1.54) is 32.3 Å². The molecule has 3 aromatic carbocycles. The number of amides is 4. The van der Waals surface area contributed by atoms with Gasteiger partial charge in [0, 0.05) is 24.4 Å². The van der Waals surface area contributed by atoms with Crippen molar-refractivity contribution in [3.05, 3.63) is 77.9 Å². The van der Waals surface area contributed by atoms with Crippen LogP contribution in [0.4, 0.5) is 25.0 Å². The summed E-state index contributed by atoms with van der Waals surface area (Å²) >= 11 is 0. The fourth-order valence-corrected chi connectivity index (χ4v) is 4.32. The van der Waals surface area contributed by atoms with Gasteiger partial charge in [0.2, 0.25) is 5.91 Å². The van der Waals surface area contributed by atoms with E-state index < -0.39 is 41.9 Å². The van der Waals surface area contributed by atoms with Gasteiger partial charge in [-0.1, -0.05) is 12.1 Å². The number of carbonyl (C=O) groups excluding carboxylic acids is 3. The van der Waals surface area contributed by atoms with Gasteiger partial charge in [-0.3, -0.25) is 9.59 Å². The Kier molecular flexibility index (Phi) is 8.28. The number of nitrogens with one attached hydrogen (secondary N) is 1. The lowest BCUT2D eigenvalue weighted by molar-refractivity contribution is -0.124. The first-order valence-electron chi connectivity index (χ1n) is 12.0. The highest BCUT2D eigenvalue weighted by Crippen LogP contribution is 2.31. The third kappa shape index (κ3) is 5.92. The summed E-state index contributed by atoms with van der Waals surface area (Å²) in [5, 5.41) is 2.46. The monoisotopic (exact) mass is 539 g/mol. The van der Waals surface area contributed by atoms with Crippen LogP contribution in [0.5, 0.6) is 17.2 Å². The van der Waals surface area contributed by atoms with Crippen molar-refractivity contribution in [1.29, 1.82) is 0 Å². The van der Waals surface area contributed by atoms with Gasteiger partial charge < -0.3 is 24.4 Å². The summed E-state index contributed by atoms with van der Waals surface area (Å²) < 4.78 is 42.7. The molecule has 1 aliphatic rings. The predicted octanol–water partition coefficient (Wildman–Crippen LogP) is 4.40. The molecule has 0 aliphatic carbocycles. The number of imide groups is 1. The average molecular weight is 540 g/mol. The molecule has 39 heavy (non-hydrogen) atoms. The summed E-state index contributed by atoms with van der Waals surface area (Å²) in [4.78, 5) is 42.2. The number of hydrogen-bond donors (Lipinski definition) is 1. The van der Waals surface area contributed by atoms with Crippen molar-refractivity contribution in [1.82, 2.24) is 4.90 Å². The Morgan fingerprint density at radius 3 is 2.36 bits per heavy atom. The highest BCUT2D eigenvalue weighted by molar-refractivity contribution is 6.22. The topological polar surface area (TPSA) is 97.4 Å². The Hall–Kier alpha value is -4.67. The van der Waals surface area contributed by atoms with E-state index in [0.717, 1.165) is 22.6 Å². The molecule has 0 saturated carbocycles. The van der Waals surface area contributed by atoms with Crippen molar-refractivity contribution in [2.75, 3.05) is 38.1 Å². The van der Waals surface area contributed by atoms with Crippen LogP contribution < -0.4 is 24.4 Å². The van der Waals surface area contributed by atoms with Crippen molar-refractivity contribution in [2.45, 2.75) is 18.9 Å². The number of methoxy groups -OCH3 is 3. The maximum atomic E-state index is 13.6. The first-order chi connectivity index (χ1) is 18.7. The standard InChI is InChI=1S/C28H27F2N3O6/c1-37-20-6-4-5-19(15-20)33-27(35)23(16-26(34)31-18-8-9-21(29)22(30)14-18)32(28(33)36)12-11-17-7-10-24(38-2)25(13-17)39-3/h4-10,13-15,23H,11-12,16H2,1-3H3,(H,31,34)/t23-/m0/s1. The number of rotatable bonds is 10. The molecule has 1 saturated heterocycles. The summed E-state index contributed by atoms with van der Waals surface area (Å²) in [7, 11) is 4.50. The molecule has 204 valence electrons. The average Bonchev–Trinajstić information content (AvgIpc) is 3.17. The van der Waals surface area contributed by atoms with E-state index in [4.69, 9.17) is 14.2 Å². The molecule has 4 amide bonds. The molecule has 1 aliphatic heterocycles. The van der Waals surface area contributed by atoms with Crippen LogP contribution in [0.1, 0.15) is 12.0 Å². The molecule has 3 aromatic rings. The van der Waals surface area contributed by atoms with Gasteiger partial charge in [0.15, 0.2) is 23.1 Å². The molecule has 11 heteroatoms. The second kappa shape index (κ2) is 11.8. The van der Waals surface area contributed by atoms with Gasteiger partial charge in [-0.05, 0) is 48.4 Å². The molecule has 4 rings (SSSR count). The second-order valence-corrected chi connectivity index (χ2v) is 8.69. The van der Waals surface area contributed by atoms with Crippen LogP contribution in [0, 0.1) is 11.6 Å². The third-order valence-electron chi connectivity index (χ3n) is 6.30. The molecule has 0 unspecified atom stereocenters. The Morgan fingerprint density at radius 1 is 0.897 bits per heavy atom. The number of nitrogens with zero attached hydrogens (tertiary/aromatic N) is 2. The minimum absolute atomic E-state index is 0.0252. The smallest absolute Gasteiger partial charge is 0.332 e. The van der Waals surface area contributed by atoms with Crippen molar-refractivity contribution >= 4 is 29.2 Å². The van der Waals surface area contributed by atoms with E-state index in [1.54, 1.807) is 36.4 Å². The highest BCUT2D eigenvalue weighted by Gasteiger charge is 2.46. The zero-order valence-electron chi connectivity index (χ0n) is 21.6. The largest absolute Gasteiger partial charge is 0.497 e. The van der Waals surface area contributed by atoms with Crippen molar-refractivity contribution < 1.29 is 37.4 Å². The van der Waals surface area contributed by atoms with Crippen LogP contribution in [0.2, 0.25) is 0 Å². The molecule has 1 N–H and O–H groups in total. The van der Waals surface area contributed by atoms with E-state index in [-0.39, 0.29) is 12.2 Å². The Labute approximate surface area is 223 Å². The zero-order chi connectivity index (χ0) is 28.1. The number of hydrogen-bond acceptors (Lipinski definition) is 6. The summed E-state index contributed by atoms with van der Waals surface area (Å²) in [6.45, 7) is 0.115. The Bertz CT molecular complexity index is 1400. The van der Waals surface area contributed by atoms with Crippen LogP contribution in [0.25, 0.3) is 0 Å². The van der Waals surface area contributed by atoms with Crippen LogP contribution in [-0.4, -0.2) is 56.7 Å². The number of benzene rings is 3. The SMILES string of the molecule is COc1cccc(N2C(=O)[C@H](CC(=O)Nc3ccc(F)c(F)c3)N(CCc3ccc(OC)c(OC)c3)C2=O)c1. The molecule has 0 aromatic heterocycles. The van der Waals surface area contributed by atoms with E-state index in [2.05, 4.69) is 5.32 Å². The summed E-state index contributed by atoms with van der Waals surface area (Å²) in [5.41, 5.74) is 1.14. The van der Waals surface area contributed by atoms with Gasteiger partial charge in [0.1, 0.15) is 11.8 Å². The lowest BCUT2D eigenvalue weighted by Crippen LogP contribution is -2.39. The van der Waals surface area contributed by atoms with E-state index in [9.17, 15) is 23.2 Å². The lowest BCUT2D eigenvalue weighted by Gasteiger charge is -2.22. The van der Waals surface area contributed by atoms with Crippen LogP contribution in [-0.2, 0) is 16.0 Å². The number of anilines is 2. The van der Waals surface area contributed by atoms with Gasteiger partial charge in [-0.15, -0.1) is 0 Å². The van der Waals surface area contributed by atoms with Gasteiger partial charge >= 0.3 is 6.03 Å². The zero-order valence-corrected chi connectivity index (χ0v) is 21.6. The van der Waals surface area contributed by atoms with Crippen molar-refractivity contribution in [2.24, 2.45) is 0 Å². The molecule has 1 atom stereocenters. The van der Waals surface area contributed by atoms with Gasteiger partial charge in [-0.25, -0.2) is 18.5 Å². The molecule has 0 bridgehead atoms. The molecular formula is C28H27F2N3O6. The van der Waals surface area contributed by atoms with Crippen LogP contribution >= 0.6 is 0 Å². The highest BCUT2D eigenvalue weighted by atomic mass is 19.2. The first kappa shape index (κ1) is 27.4. The summed E-state index contributed by atoms with van der Waals surface area (Å²) in [5.74, 6) is -1.91. The number of halogens is 2. The second-order valence-electron chi connectivity index (χ2n) is 8.69. The van der Waals surface area contributed by atoms with Crippen LogP contribution in [0.3, 0.4) is 0 Å². The van der Waals surface area contributed by atoms with E-state index in [1.807, 2.05) is 6.07 Å². The summed E-state index contributed by atoms with van der Waals surface area (Å²) in [6.07, 6.45) is -0.0391. The number of urea groups is 1. The molecule has 9 nitrogen and oxygen atoms in total. The maximum Gasteiger partial charge on any atom is 0.332 e. The molecule has 1 fully saturated rings. The van der Waals surface area contributed by atoms with E-state index in [0.29, 0.717) is 29.4 Å². The minimum Gasteiger partial charge on any atom is -0.497 e. The molecule has 0 spiro atoms.